The van der Waals surface area contributed by atoms with E-state index in [4.69, 9.17) is 11.1 Å². The molecule has 0 aromatic rings. The number of nitrogens with two attached hydrogens (primary N) is 1. The first-order chi connectivity index (χ1) is 7.88. The van der Waals surface area contributed by atoms with E-state index < -0.39 is 0 Å². The van der Waals surface area contributed by atoms with Gasteiger partial charge >= 0.3 is 0 Å². The summed E-state index contributed by atoms with van der Waals surface area (Å²) in [5, 5.41) is 7.69. The first-order valence-electron chi connectivity index (χ1n) is 6.96. The van der Waals surface area contributed by atoms with Crippen molar-refractivity contribution >= 4 is 5.84 Å². The molecule has 3 heteroatoms. The highest BCUT2D eigenvalue weighted by molar-refractivity contribution is 5.82. The molecular formula is C14H31N3. The van der Waals surface area contributed by atoms with E-state index in [1.807, 2.05) is 0 Å². The van der Waals surface area contributed by atoms with Gasteiger partial charge < -0.3 is 5.73 Å². The Kier molecular flexibility index (Phi) is 8.23. The predicted molar refractivity (Wildman–Crippen MR) is 76.5 cm³/mol. The summed E-state index contributed by atoms with van der Waals surface area (Å²) in [6, 6.07) is 0.132. The summed E-state index contributed by atoms with van der Waals surface area (Å²) < 4.78 is 0. The van der Waals surface area contributed by atoms with Gasteiger partial charge in [0.2, 0.25) is 0 Å². The Morgan fingerprint density at radius 3 is 1.71 bits per heavy atom. The number of hydrogen-bond acceptors (Lipinski definition) is 2. The molecule has 0 aliphatic rings. The van der Waals surface area contributed by atoms with Crippen molar-refractivity contribution in [2.75, 3.05) is 13.1 Å². The maximum absolute atomic E-state index is 7.69. The van der Waals surface area contributed by atoms with Gasteiger partial charge in [-0.1, -0.05) is 34.6 Å². The molecule has 1 unspecified atom stereocenters. The zero-order chi connectivity index (χ0) is 13.4. The highest BCUT2D eigenvalue weighted by atomic mass is 15.2. The Balaban J connectivity index is 4.40. The molecule has 0 aliphatic heterocycles. The molecule has 0 aromatic heterocycles. The molecule has 0 bridgehead atoms. The standard InChI is InChI=1S/C14H31N3/c1-6-13(14(15)16)17(9-7-11(2)3)10-8-12(4)5/h11-13H,6-10H2,1-5H3,(H3,15,16). The van der Waals surface area contributed by atoms with E-state index >= 15 is 0 Å². The van der Waals surface area contributed by atoms with Crippen LogP contribution in [0.4, 0.5) is 0 Å². The van der Waals surface area contributed by atoms with Gasteiger partial charge in [-0.25, -0.2) is 0 Å². The molecule has 0 fully saturated rings. The fourth-order valence-electron chi connectivity index (χ4n) is 1.95. The van der Waals surface area contributed by atoms with Gasteiger partial charge in [0.1, 0.15) is 5.84 Å². The van der Waals surface area contributed by atoms with Gasteiger partial charge in [0, 0.05) is 0 Å². The summed E-state index contributed by atoms with van der Waals surface area (Å²) in [6.45, 7) is 13.2. The van der Waals surface area contributed by atoms with Crippen LogP contribution in [0, 0.1) is 17.2 Å². The number of amidine groups is 1. The lowest BCUT2D eigenvalue weighted by molar-refractivity contribution is 0.210. The topological polar surface area (TPSA) is 53.1 Å². The van der Waals surface area contributed by atoms with Crippen molar-refractivity contribution in [2.24, 2.45) is 17.6 Å². The first kappa shape index (κ1) is 16.4. The van der Waals surface area contributed by atoms with Crippen LogP contribution >= 0.6 is 0 Å². The van der Waals surface area contributed by atoms with Crippen molar-refractivity contribution in [3.63, 3.8) is 0 Å². The molecule has 0 aromatic carbocycles. The first-order valence-corrected chi connectivity index (χ1v) is 6.96. The second-order valence-electron chi connectivity index (χ2n) is 5.78. The van der Waals surface area contributed by atoms with Crippen LogP contribution in [0.1, 0.15) is 53.9 Å². The van der Waals surface area contributed by atoms with E-state index in [-0.39, 0.29) is 6.04 Å². The van der Waals surface area contributed by atoms with Gasteiger partial charge in [-0.05, 0) is 44.2 Å². The molecule has 3 N–H and O–H groups in total. The summed E-state index contributed by atoms with van der Waals surface area (Å²) in [5.74, 6) is 1.74. The molecular weight excluding hydrogens is 210 g/mol. The number of hydrogen-bond donors (Lipinski definition) is 2. The molecule has 102 valence electrons. The van der Waals surface area contributed by atoms with Gasteiger partial charge in [-0.2, -0.15) is 0 Å². The lowest BCUT2D eigenvalue weighted by atomic mass is 10.1. The van der Waals surface area contributed by atoms with Crippen molar-refractivity contribution in [3.05, 3.63) is 0 Å². The fraction of sp³-hybridized carbons (Fsp3) is 0.929. The van der Waals surface area contributed by atoms with Gasteiger partial charge in [0.25, 0.3) is 0 Å². The zero-order valence-electron chi connectivity index (χ0n) is 12.3. The molecule has 1 atom stereocenters. The molecule has 0 amide bonds. The van der Waals surface area contributed by atoms with Gasteiger partial charge in [-0.15, -0.1) is 0 Å². The summed E-state index contributed by atoms with van der Waals surface area (Å²) in [4.78, 5) is 2.39. The second kappa shape index (κ2) is 8.51. The van der Waals surface area contributed by atoms with Crippen LogP contribution in [-0.4, -0.2) is 29.9 Å². The van der Waals surface area contributed by atoms with E-state index in [0.29, 0.717) is 17.7 Å². The Bertz CT molecular complexity index is 200. The van der Waals surface area contributed by atoms with Crippen LogP contribution in [0.5, 0.6) is 0 Å². The molecule has 17 heavy (non-hydrogen) atoms. The normalized spacial score (nSPS) is 13.6. The summed E-state index contributed by atoms with van der Waals surface area (Å²) in [6.07, 6.45) is 3.30. The van der Waals surface area contributed by atoms with Crippen LogP contribution < -0.4 is 5.73 Å². The van der Waals surface area contributed by atoms with Crippen molar-refractivity contribution in [1.29, 1.82) is 5.41 Å². The largest absolute Gasteiger partial charge is 0.386 e. The Hall–Kier alpha value is -0.570. The molecule has 0 rings (SSSR count). The van der Waals surface area contributed by atoms with Crippen molar-refractivity contribution in [1.82, 2.24) is 4.90 Å². The molecule has 0 radical (unpaired) electrons. The summed E-state index contributed by atoms with van der Waals surface area (Å²) in [7, 11) is 0. The summed E-state index contributed by atoms with van der Waals surface area (Å²) in [5.41, 5.74) is 5.70. The van der Waals surface area contributed by atoms with Crippen molar-refractivity contribution in [2.45, 2.75) is 59.9 Å². The highest BCUT2D eigenvalue weighted by Gasteiger charge is 2.19. The maximum atomic E-state index is 7.69. The fourth-order valence-corrected chi connectivity index (χ4v) is 1.95. The monoisotopic (exact) mass is 241 g/mol. The molecule has 0 saturated heterocycles. The molecule has 0 heterocycles. The zero-order valence-corrected chi connectivity index (χ0v) is 12.3. The quantitative estimate of drug-likeness (QED) is 0.481. The van der Waals surface area contributed by atoms with Crippen molar-refractivity contribution < 1.29 is 0 Å². The van der Waals surface area contributed by atoms with Crippen LogP contribution in [0.3, 0.4) is 0 Å². The SMILES string of the molecule is CCC(C(=N)N)N(CCC(C)C)CCC(C)C. The van der Waals surface area contributed by atoms with Gasteiger partial charge in [0.15, 0.2) is 0 Å². The molecule has 0 spiro atoms. The Morgan fingerprint density at radius 2 is 1.47 bits per heavy atom. The van der Waals surface area contributed by atoms with E-state index in [9.17, 15) is 0 Å². The molecule has 3 nitrogen and oxygen atoms in total. The minimum absolute atomic E-state index is 0.132. The Morgan fingerprint density at radius 1 is 1.06 bits per heavy atom. The average Bonchev–Trinajstić information content (AvgIpc) is 2.21. The van der Waals surface area contributed by atoms with E-state index in [2.05, 4.69) is 39.5 Å². The minimum Gasteiger partial charge on any atom is -0.386 e. The van der Waals surface area contributed by atoms with Crippen LogP contribution in [0.2, 0.25) is 0 Å². The van der Waals surface area contributed by atoms with Crippen molar-refractivity contribution in [3.8, 4) is 0 Å². The van der Waals surface area contributed by atoms with E-state index in [0.717, 1.165) is 19.5 Å². The molecule has 0 aliphatic carbocycles. The second-order valence-corrected chi connectivity index (χ2v) is 5.78. The van der Waals surface area contributed by atoms with Crippen LogP contribution in [0.15, 0.2) is 0 Å². The van der Waals surface area contributed by atoms with Crippen LogP contribution in [-0.2, 0) is 0 Å². The number of nitrogens with zero attached hydrogens (tertiary/aromatic N) is 1. The van der Waals surface area contributed by atoms with Crippen LogP contribution in [0.25, 0.3) is 0 Å². The maximum Gasteiger partial charge on any atom is 0.108 e. The third-order valence-electron chi connectivity index (χ3n) is 3.17. The smallest absolute Gasteiger partial charge is 0.108 e. The number of nitrogens with one attached hydrogen (secondary N) is 1. The minimum atomic E-state index is 0.132. The third-order valence-corrected chi connectivity index (χ3v) is 3.17. The molecule has 0 saturated carbocycles. The summed E-state index contributed by atoms with van der Waals surface area (Å²) >= 11 is 0. The predicted octanol–water partition coefficient (Wildman–Crippen LogP) is 3.10. The lowest BCUT2D eigenvalue weighted by Gasteiger charge is -2.31. The van der Waals surface area contributed by atoms with Gasteiger partial charge in [-0.3, -0.25) is 10.3 Å². The van der Waals surface area contributed by atoms with E-state index in [1.165, 1.54) is 12.8 Å². The Labute approximate surface area is 107 Å². The average molecular weight is 241 g/mol. The van der Waals surface area contributed by atoms with Gasteiger partial charge in [0.05, 0.1) is 6.04 Å². The highest BCUT2D eigenvalue weighted by Crippen LogP contribution is 2.12. The number of rotatable bonds is 9. The third kappa shape index (κ3) is 7.37. The lowest BCUT2D eigenvalue weighted by Crippen LogP contribution is -2.45. The van der Waals surface area contributed by atoms with E-state index in [1.54, 1.807) is 0 Å².